The van der Waals surface area contributed by atoms with Crippen molar-refractivity contribution < 1.29 is 13.3 Å². The fourth-order valence-electron chi connectivity index (χ4n) is 9.51. The quantitative estimate of drug-likeness (QED) is 0.175. The van der Waals surface area contributed by atoms with Crippen LogP contribution in [-0.2, 0) is 0 Å². The van der Waals surface area contributed by atoms with Gasteiger partial charge in [-0.2, -0.15) is 0 Å². The van der Waals surface area contributed by atoms with E-state index < -0.39 is 0 Å². The van der Waals surface area contributed by atoms with Crippen molar-refractivity contribution in [1.29, 1.82) is 0 Å². The second-order valence-corrected chi connectivity index (χ2v) is 15.6. The number of benzene rings is 10. The van der Waals surface area contributed by atoms with E-state index in [-0.39, 0.29) is 0 Å². The normalized spacial score (nSPS) is 12.0. The zero-order valence-corrected chi connectivity index (χ0v) is 32.2. The smallest absolute Gasteiger partial charge is 0.143 e. The summed E-state index contributed by atoms with van der Waals surface area (Å²) >= 11 is 0. The third kappa shape index (κ3) is 4.85. The monoisotopic (exact) mass is 767 g/mol. The lowest BCUT2D eigenvalue weighted by atomic mass is 9.95. The topological polar surface area (TPSA) is 42.7 Å². The van der Waals surface area contributed by atoms with Crippen LogP contribution in [0.2, 0.25) is 0 Å². The summed E-state index contributed by atoms with van der Waals surface area (Å²) in [6.07, 6.45) is 0. The van der Waals surface area contributed by atoms with E-state index in [1.807, 2.05) is 12.1 Å². The molecular weight excluding hydrogens is 735 g/mol. The second kappa shape index (κ2) is 12.7. The summed E-state index contributed by atoms with van der Waals surface area (Å²) in [6, 6.07) is 70.8. The van der Waals surface area contributed by atoms with Crippen LogP contribution < -0.4 is 4.90 Å². The third-order valence-corrected chi connectivity index (χ3v) is 12.3. The molecule has 0 radical (unpaired) electrons. The van der Waals surface area contributed by atoms with Crippen molar-refractivity contribution in [3.8, 4) is 22.3 Å². The fourth-order valence-corrected chi connectivity index (χ4v) is 9.51. The standard InChI is InChI=1S/C56H33NO3/c1-3-13-39-35(11-1)25-31-45-53-44(17-9-21-50(53)59-55(39)45)41-15-5-7-18-47(41)57(48-19-10-22-51-54(48)46-32-26-36-12-2-4-14-40(36)56(46)60-51)38-28-23-34(24-29-38)37-27-30-43-42-16-6-8-20-49(42)58-52(43)33-37/h1-33H. The van der Waals surface area contributed by atoms with Crippen LogP contribution in [0.4, 0.5) is 17.1 Å². The molecule has 13 aromatic rings. The lowest BCUT2D eigenvalue weighted by Crippen LogP contribution is -2.11. The van der Waals surface area contributed by atoms with E-state index >= 15 is 0 Å². The molecule has 3 aromatic heterocycles. The van der Waals surface area contributed by atoms with E-state index in [0.29, 0.717) is 0 Å². The van der Waals surface area contributed by atoms with Crippen molar-refractivity contribution in [2.45, 2.75) is 0 Å². The number of furan rings is 3. The third-order valence-electron chi connectivity index (χ3n) is 12.3. The van der Waals surface area contributed by atoms with Gasteiger partial charge in [0.1, 0.15) is 33.5 Å². The maximum atomic E-state index is 6.76. The van der Waals surface area contributed by atoms with Gasteiger partial charge in [0.25, 0.3) is 0 Å². The van der Waals surface area contributed by atoms with Crippen molar-refractivity contribution in [3.05, 3.63) is 200 Å². The minimum atomic E-state index is 0.840. The van der Waals surface area contributed by atoms with E-state index in [9.17, 15) is 0 Å². The summed E-state index contributed by atoms with van der Waals surface area (Å²) in [4.78, 5) is 2.39. The van der Waals surface area contributed by atoms with E-state index in [4.69, 9.17) is 13.3 Å². The van der Waals surface area contributed by atoms with Gasteiger partial charge in [0.05, 0.1) is 16.8 Å². The summed E-state index contributed by atoms with van der Waals surface area (Å²) < 4.78 is 19.7. The minimum Gasteiger partial charge on any atom is -0.456 e. The van der Waals surface area contributed by atoms with Gasteiger partial charge in [0, 0.05) is 49.0 Å². The number of nitrogens with zero attached hydrogens (tertiary/aromatic N) is 1. The highest BCUT2D eigenvalue weighted by molar-refractivity contribution is 6.22. The first-order valence-corrected chi connectivity index (χ1v) is 20.3. The molecule has 0 aliphatic heterocycles. The molecule has 0 bridgehead atoms. The zero-order valence-electron chi connectivity index (χ0n) is 32.2. The maximum Gasteiger partial charge on any atom is 0.143 e. The van der Waals surface area contributed by atoms with Crippen molar-refractivity contribution in [3.63, 3.8) is 0 Å². The molecule has 0 fully saturated rings. The first-order chi connectivity index (χ1) is 29.7. The fraction of sp³-hybridized carbons (Fsp3) is 0. The van der Waals surface area contributed by atoms with Gasteiger partial charge < -0.3 is 18.2 Å². The molecule has 0 saturated heterocycles. The Balaban J connectivity index is 1.04. The predicted octanol–water partition coefficient (Wildman–Crippen LogP) is 16.5. The lowest BCUT2D eigenvalue weighted by Gasteiger charge is -2.29. The van der Waals surface area contributed by atoms with Gasteiger partial charge in [-0.1, -0.05) is 133 Å². The van der Waals surface area contributed by atoms with Crippen LogP contribution in [0.1, 0.15) is 0 Å². The van der Waals surface area contributed by atoms with E-state index in [2.05, 4.69) is 193 Å². The Labute approximate surface area is 343 Å². The van der Waals surface area contributed by atoms with Crippen LogP contribution in [-0.4, -0.2) is 0 Å². The highest BCUT2D eigenvalue weighted by Gasteiger charge is 2.24. The Morgan fingerprint density at radius 1 is 0.300 bits per heavy atom. The average molecular weight is 768 g/mol. The Bertz CT molecular complexity index is 3850. The molecular formula is C56H33NO3. The first kappa shape index (κ1) is 32.9. The summed E-state index contributed by atoms with van der Waals surface area (Å²) in [5.74, 6) is 0. The number of anilines is 3. The summed E-state index contributed by atoms with van der Waals surface area (Å²) in [5, 5.41) is 11.1. The Morgan fingerprint density at radius 2 is 0.833 bits per heavy atom. The molecule has 4 nitrogen and oxygen atoms in total. The van der Waals surface area contributed by atoms with Crippen LogP contribution in [0.5, 0.6) is 0 Å². The second-order valence-electron chi connectivity index (χ2n) is 15.6. The highest BCUT2D eigenvalue weighted by Crippen LogP contribution is 2.49. The number of hydrogen-bond donors (Lipinski definition) is 0. The Kier molecular flexibility index (Phi) is 6.98. The predicted molar refractivity (Wildman–Crippen MR) is 249 cm³/mol. The van der Waals surface area contributed by atoms with Crippen molar-refractivity contribution in [1.82, 2.24) is 0 Å². The molecule has 3 heterocycles. The van der Waals surface area contributed by atoms with Crippen LogP contribution in [0, 0.1) is 0 Å². The molecule has 0 saturated carbocycles. The minimum absolute atomic E-state index is 0.840. The molecule has 0 aliphatic carbocycles. The molecule has 0 amide bonds. The Hall–Kier alpha value is -8.08. The van der Waals surface area contributed by atoms with Gasteiger partial charge >= 0.3 is 0 Å². The van der Waals surface area contributed by atoms with E-state index in [0.717, 1.165) is 127 Å². The summed E-state index contributed by atoms with van der Waals surface area (Å²) in [7, 11) is 0. The zero-order chi connectivity index (χ0) is 39.3. The van der Waals surface area contributed by atoms with Gasteiger partial charge in [-0.05, 0) is 94.2 Å². The SMILES string of the molecule is c1ccc(N(c2ccc(-c3ccc4c(c3)oc3ccccc34)cc2)c2cccc3oc4c5ccccc5ccc4c23)c(-c2cccc3oc4c5ccccc5ccc4c23)c1. The van der Waals surface area contributed by atoms with Crippen molar-refractivity contribution >= 4 is 104 Å². The molecule has 13 rings (SSSR count). The van der Waals surface area contributed by atoms with Crippen molar-refractivity contribution in [2.24, 2.45) is 0 Å². The van der Waals surface area contributed by atoms with Crippen LogP contribution >= 0.6 is 0 Å². The number of hydrogen-bond acceptors (Lipinski definition) is 4. The van der Waals surface area contributed by atoms with E-state index in [1.165, 1.54) is 0 Å². The van der Waals surface area contributed by atoms with Gasteiger partial charge in [-0.3, -0.25) is 0 Å². The molecule has 0 N–H and O–H groups in total. The molecule has 0 spiro atoms. The Morgan fingerprint density at radius 3 is 1.60 bits per heavy atom. The average Bonchev–Trinajstić information content (AvgIpc) is 4.01. The van der Waals surface area contributed by atoms with Crippen LogP contribution in [0.15, 0.2) is 213 Å². The first-order valence-electron chi connectivity index (χ1n) is 20.3. The van der Waals surface area contributed by atoms with Gasteiger partial charge in [0.2, 0.25) is 0 Å². The van der Waals surface area contributed by atoms with Crippen molar-refractivity contribution in [2.75, 3.05) is 4.90 Å². The highest BCUT2D eigenvalue weighted by atomic mass is 16.3. The van der Waals surface area contributed by atoms with Gasteiger partial charge in [-0.25, -0.2) is 0 Å². The molecule has 60 heavy (non-hydrogen) atoms. The number of fused-ring (bicyclic) bond motifs is 13. The van der Waals surface area contributed by atoms with Gasteiger partial charge in [-0.15, -0.1) is 0 Å². The number of rotatable bonds is 5. The van der Waals surface area contributed by atoms with Crippen LogP contribution in [0.3, 0.4) is 0 Å². The van der Waals surface area contributed by atoms with E-state index in [1.54, 1.807) is 0 Å². The summed E-state index contributed by atoms with van der Waals surface area (Å²) in [6.45, 7) is 0. The molecule has 0 unspecified atom stereocenters. The summed E-state index contributed by atoms with van der Waals surface area (Å²) in [5.41, 5.74) is 12.8. The van der Waals surface area contributed by atoms with Gasteiger partial charge in [0.15, 0.2) is 0 Å². The number of para-hydroxylation sites is 2. The molecule has 10 aromatic carbocycles. The lowest BCUT2D eigenvalue weighted by molar-refractivity contribution is 0.669. The molecule has 0 aliphatic rings. The maximum absolute atomic E-state index is 6.76. The molecule has 0 atom stereocenters. The van der Waals surface area contributed by atoms with Crippen LogP contribution in [0.25, 0.3) is 110 Å². The molecule has 280 valence electrons. The molecule has 4 heteroatoms. The largest absolute Gasteiger partial charge is 0.456 e.